The minimum absolute atomic E-state index is 0.146. The fraction of sp³-hybridized carbons (Fsp3) is 0.105. The highest BCUT2D eigenvalue weighted by atomic mass is 16.2. The molecule has 2 aromatic carbocycles. The van der Waals surface area contributed by atoms with Crippen LogP contribution in [0.3, 0.4) is 0 Å². The molecule has 3 rings (SSSR count). The van der Waals surface area contributed by atoms with Gasteiger partial charge >= 0.3 is 0 Å². The lowest BCUT2D eigenvalue weighted by Gasteiger charge is -2.13. The lowest BCUT2D eigenvalue weighted by molar-refractivity contribution is -0.112. The zero-order valence-electron chi connectivity index (χ0n) is 12.9. The third-order valence-corrected chi connectivity index (χ3v) is 3.62. The van der Waals surface area contributed by atoms with Gasteiger partial charge in [0, 0.05) is 12.1 Å². The van der Waals surface area contributed by atoms with Crippen LogP contribution in [0.5, 0.6) is 0 Å². The maximum atomic E-state index is 12.5. The molecule has 2 aromatic rings. The summed E-state index contributed by atoms with van der Waals surface area (Å²) in [4.78, 5) is 14.2. The number of para-hydroxylation sites is 1. The van der Waals surface area contributed by atoms with E-state index in [0.29, 0.717) is 12.3 Å². The fourth-order valence-corrected chi connectivity index (χ4v) is 2.57. The maximum absolute atomic E-state index is 12.5. The van der Waals surface area contributed by atoms with E-state index in [4.69, 9.17) is 0 Å². The molecule has 0 saturated carbocycles. The van der Waals surface area contributed by atoms with Crippen LogP contribution >= 0.6 is 0 Å². The number of amides is 1. The van der Waals surface area contributed by atoms with Crippen molar-refractivity contribution in [1.29, 1.82) is 0 Å². The summed E-state index contributed by atoms with van der Waals surface area (Å²) in [5.41, 5.74) is 4.13. The number of fused-ring (bicyclic) bond motifs is 1. The van der Waals surface area contributed by atoms with E-state index in [1.165, 1.54) is 0 Å². The molecule has 0 bridgehead atoms. The first-order chi connectivity index (χ1) is 11.2. The highest BCUT2D eigenvalue weighted by Crippen LogP contribution is 2.28. The summed E-state index contributed by atoms with van der Waals surface area (Å²) in [6.45, 7) is 6.18. The second kappa shape index (κ2) is 6.40. The monoisotopic (exact) mass is 303 g/mol. The largest absolute Gasteiger partial charge is 0.302 e. The van der Waals surface area contributed by atoms with Crippen molar-refractivity contribution in [2.24, 2.45) is 10.2 Å². The number of anilines is 1. The van der Waals surface area contributed by atoms with Gasteiger partial charge < -0.3 is 4.90 Å². The van der Waals surface area contributed by atoms with Gasteiger partial charge in [0.25, 0.3) is 5.91 Å². The zero-order valence-corrected chi connectivity index (χ0v) is 12.9. The second-order valence-electron chi connectivity index (χ2n) is 5.33. The molecule has 0 fully saturated rings. The van der Waals surface area contributed by atoms with E-state index in [1.54, 1.807) is 17.2 Å². The smallest absolute Gasteiger partial charge is 0.279 e. The van der Waals surface area contributed by atoms with Crippen molar-refractivity contribution < 1.29 is 4.79 Å². The number of carbonyl (C=O) groups excluding carboxylic acids is 1. The molecule has 0 aliphatic carbocycles. The van der Waals surface area contributed by atoms with Crippen LogP contribution in [0.4, 0.5) is 5.69 Å². The molecule has 1 amide bonds. The van der Waals surface area contributed by atoms with Gasteiger partial charge in [0.2, 0.25) is 0 Å². The van der Waals surface area contributed by atoms with E-state index >= 15 is 0 Å². The van der Waals surface area contributed by atoms with Crippen LogP contribution in [-0.2, 0) is 4.79 Å². The summed E-state index contributed by atoms with van der Waals surface area (Å²) in [6, 6.07) is 15.5. The summed E-state index contributed by atoms with van der Waals surface area (Å²) in [5.74, 6) is -0.146. The van der Waals surface area contributed by atoms with E-state index in [-0.39, 0.29) is 5.91 Å². The SMILES string of the molecule is C=CCN1C(=O)/C(=N\N=C/c2cccc(C)c2)c2ccccc21. The Hall–Kier alpha value is -3.01. The van der Waals surface area contributed by atoms with Crippen molar-refractivity contribution >= 4 is 23.5 Å². The Balaban J connectivity index is 1.93. The molecule has 0 N–H and O–H groups in total. The van der Waals surface area contributed by atoms with Crippen LogP contribution in [0.15, 0.2) is 71.4 Å². The molecule has 0 aromatic heterocycles. The first-order valence-corrected chi connectivity index (χ1v) is 7.40. The standard InChI is InChI=1S/C19H17N3O/c1-3-11-22-17-10-5-4-9-16(17)18(19(22)23)21-20-13-15-8-6-7-14(2)12-15/h3-10,12-13H,1,11H2,2H3/b20-13-,21-18-. The van der Waals surface area contributed by atoms with Crippen LogP contribution in [0.25, 0.3) is 0 Å². The van der Waals surface area contributed by atoms with Gasteiger partial charge in [-0.15, -0.1) is 11.7 Å². The van der Waals surface area contributed by atoms with E-state index in [1.807, 2.05) is 55.5 Å². The first kappa shape index (κ1) is 14.9. The van der Waals surface area contributed by atoms with Crippen molar-refractivity contribution in [3.63, 3.8) is 0 Å². The highest BCUT2D eigenvalue weighted by molar-refractivity contribution is 6.54. The topological polar surface area (TPSA) is 45.0 Å². The van der Waals surface area contributed by atoms with E-state index in [0.717, 1.165) is 22.4 Å². The number of hydrogen-bond acceptors (Lipinski definition) is 3. The normalized spacial score (nSPS) is 15.4. The molecule has 1 aliphatic rings. The summed E-state index contributed by atoms with van der Waals surface area (Å²) in [5, 5.41) is 8.26. The predicted molar refractivity (Wildman–Crippen MR) is 94.3 cm³/mol. The van der Waals surface area contributed by atoms with Crippen LogP contribution < -0.4 is 4.90 Å². The third kappa shape index (κ3) is 2.97. The molecular weight excluding hydrogens is 286 g/mol. The lowest BCUT2D eigenvalue weighted by Crippen LogP contribution is -2.30. The Bertz CT molecular complexity index is 821. The summed E-state index contributed by atoms with van der Waals surface area (Å²) >= 11 is 0. The number of carbonyl (C=O) groups is 1. The number of aryl methyl sites for hydroxylation is 1. The van der Waals surface area contributed by atoms with Crippen molar-refractivity contribution in [3.8, 4) is 0 Å². The lowest BCUT2D eigenvalue weighted by atomic mass is 10.1. The highest BCUT2D eigenvalue weighted by Gasteiger charge is 2.32. The zero-order chi connectivity index (χ0) is 16.2. The molecule has 4 heteroatoms. The molecular formula is C19H17N3O. The Morgan fingerprint density at radius 1 is 1.17 bits per heavy atom. The van der Waals surface area contributed by atoms with Crippen LogP contribution in [0, 0.1) is 6.92 Å². The van der Waals surface area contributed by atoms with E-state index in [9.17, 15) is 4.79 Å². The minimum atomic E-state index is -0.146. The van der Waals surface area contributed by atoms with Gasteiger partial charge in [-0.1, -0.05) is 54.1 Å². The van der Waals surface area contributed by atoms with Crippen LogP contribution in [0.2, 0.25) is 0 Å². The molecule has 0 unspecified atom stereocenters. The van der Waals surface area contributed by atoms with Gasteiger partial charge in [0.05, 0.1) is 11.9 Å². The number of hydrogen-bond donors (Lipinski definition) is 0. The molecule has 0 saturated heterocycles. The van der Waals surface area contributed by atoms with Gasteiger partial charge in [-0.3, -0.25) is 4.79 Å². The van der Waals surface area contributed by atoms with Gasteiger partial charge in [-0.25, -0.2) is 0 Å². The van der Waals surface area contributed by atoms with Crippen molar-refractivity contribution in [3.05, 3.63) is 77.9 Å². The minimum Gasteiger partial charge on any atom is -0.302 e. The van der Waals surface area contributed by atoms with Crippen LogP contribution in [0.1, 0.15) is 16.7 Å². The maximum Gasteiger partial charge on any atom is 0.279 e. The van der Waals surface area contributed by atoms with Crippen molar-refractivity contribution in [2.75, 3.05) is 11.4 Å². The Morgan fingerprint density at radius 3 is 2.78 bits per heavy atom. The molecule has 23 heavy (non-hydrogen) atoms. The molecule has 0 atom stereocenters. The molecule has 0 radical (unpaired) electrons. The fourth-order valence-electron chi connectivity index (χ4n) is 2.57. The first-order valence-electron chi connectivity index (χ1n) is 7.40. The Kier molecular flexibility index (Phi) is 4.15. The van der Waals surface area contributed by atoms with Crippen molar-refractivity contribution in [2.45, 2.75) is 6.92 Å². The number of rotatable bonds is 4. The summed E-state index contributed by atoms with van der Waals surface area (Å²) in [6.07, 6.45) is 3.36. The van der Waals surface area contributed by atoms with Gasteiger partial charge in [0.1, 0.15) is 0 Å². The third-order valence-electron chi connectivity index (χ3n) is 3.62. The van der Waals surface area contributed by atoms with Gasteiger partial charge in [0.15, 0.2) is 5.71 Å². The average Bonchev–Trinajstić information content (AvgIpc) is 2.81. The van der Waals surface area contributed by atoms with Crippen LogP contribution in [-0.4, -0.2) is 24.4 Å². The number of nitrogens with zero attached hydrogens (tertiary/aromatic N) is 3. The quantitative estimate of drug-likeness (QED) is 0.485. The molecule has 4 nitrogen and oxygen atoms in total. The molecule has 114 valence electrons. The summed E-state index contributed by atoms with van der Waals surface area (Å²) in [7, 11) is 0. The van der Waals surface area contributed by atoms with Gasteiger partial charge in [-0.2, -0.15) is 5.10 Å². The predicted octanol–water partition coefficient (Wildman–Crippen LogP) is 3.35. The number of benzene rings is 2. The van der Waals surface area contributed by atoms with E-state index < -0.39 is 0 Å². The second-order valence-corrected chi connectivity index (χ2v) is 5.33. The average molecular weight is 303 g/mol. The molecule has 1 aliphatic heterocycles. The van der Waals surface area contributed by atoms with Crippen molar-refractivity contribution in [1.82, 2.24) is 0 Å². The summed E-state index contributed by atoms with van der Waals surface area (Å²) < 4.78 is 0. The van der Waals surface area contributed by atoms with Gasteiger partial charge in [-0.05, 0) is 18.6 Å². The molecule has 1 heterocycles. The Morgan fingerprint density at radius 2 is 2.00 bits per heavy atom. The Labute approximate surface area is 135 Å². The van der Waals surface area contributed by atoms with E-state index in [2.05, 4.69) is 16.8 Å². The molecule has 0 spiro atoms.